The minimum absolute atomic E-state index is 0.140. The molecule has 1 aromatic heterocycles. The van der Waals surface area contributed by atoms with E-state index in [4.69, 9.17) is 17.0 Å². The van der Waals surface area contributed by atoms with E-state index in [1.54, 1.807) is 6.21 Å². The van der Waals surface area contributed by atoms with Gasteiger partial charge >= 0.3 is 0 Å². The molecule has 0 fully saturated rings. The molecule has 0 aliphatic heterocycles. The van der Waals surface area contributed by atoms with Crippen LogP contribution in [0.15, 0.2) is 38.8 Å². The number of nitrogens with one attached hydrogen (secondary N) is 1. The SMILES string of the molecule is CCCOc1ccc(/C=N\n2c(=O)cn[nH]c2=S)cc1Br. The van der Waals surface area contributed by atoms with Crippen LogP contribution in [-0.2, 0) is 0 Å². The molecule has 0 saturated heterocycles. The van der Waals surface area contributed by atoms with E-state index in [1.165, 1.54) is 0 Å². The van der Waals surface area contributed by atoms with Crippen molar-refractivity contribution in [1.29, 1.82) is 0 Å². The summed E-state index contributed by atoms with van der Waals surface area (Å²) in [6.07, 6.45) is 3.60. The Bertz CT molecular complexity index is 741. The smallest absolute Gasteiger partial charge is 0.293 e. The first-order valence-corrected chi connectivity index (χ1v) is 7.45. The molecule has 1 aromatic carbocycles. The Kier molecular flexibility index (Phi) is 5.40. The van der Waals surface area contributed by atoms with Crippen LogP contribution in [0, 0.1) is 4.77 Å². The Hall–Kier alpha value is -1.80. The summed E-state index contributed by atoms with van der Waals surface area (Å²) in [5.41, 5.74) is 0.417. The number of hydrogen-bond acceptors (Lipinski definition) is 5. The normalized spacial score (nSPS) is 11.0. The van der Waals surface area contributed by atoms with Crippen molar-refractivity contribution >= 4 is 34.4 Å². The van der Waals surface area contributed by atoms with Crippen molar-refractivity contribution in [2.75, 3.05) is 6.61 Å². The van der Waals surface area contributed by atoms with E-state index < -0.39 is 5.56 Å². The first-order chi connectivity index (χ1) is 10.1. The predicted octanol–water partition coefficient (Wildman–Crippen LogP) is 2.73. The predicted molar refractivity (Wildman–Crippen MR) is 86.6 cm³/mol. The summed E-state index contributed by atoms with van der Waals surface area (Å²) < 4.78 is 7.60. The number of nitrogens with zero attached hydrogens (tertiary/aromatic N) is 3. The van der Waals surface area contributed by atoms with Crippen molar-refractivity contribution in [2.45, 2.75) is 13.3 Å². The second-order valence-corrected chi connectivity index (χ2v) is 5.35. The lowest BCUT2D eigenvalue weighted by Crippen LogP contribution is -2.18. The molecular formula is C13H13BrN4O2S. The zero-order chi connectivity index (χ0) is 15.2. The fourth-order valence-corrected chi connectivity index (χ4v) is 2.21. The Morgan fingerprint density at radius 3 is 3.05 bits per heavy atom. The molecule has 0 spiro atoms. The molecule has 21 heavy (non-hydrogen) atoms. The Morgan fingerprint density at radius 1 is 1.57 bits per heavy atom. The second-order valence-electron chi connectivity index (χ2n) is 4.11. The molecule has 0 amide bonds. The largest absolute Gasteiger partial charge is 0.492 e. The highest BCUT2D eigenvalue weighted by molar-refractivity contribution is 9.10. The lowest BCUT2D eigenvalue weighted by atomic mass is 10.2. The summed E-state index contributed by atoms with van der Waals surface area (Å²) in [5, 5.41) is 10.1. The van der Waals surface area contributed by atoms with Crippen LogP contribution in [0.25, 0.3) is 0 Å². The van der Waals surface area contributed by atoms with Crippen LogP contribution in [0.5, 0.6) is 5.75 Å². The molecule has 0 atom stereocenters. The second kappa shape index (κ2) is 7.28. The van der Waals surface area contributed by atoms with Crippen LogP contribution in [-0.4, -0.2) is 27.7 Å². The van der Waals surface area contributed by atoms with E-state index in [1.807, 2.05) is 25.1 Å². The van der Waals surface area contributed by atoms with Crippen LogP contribution in [0.1, 0.15) is 18.9 Å². The number of rotatable bonds is 5. The number of halogens is 1. The van der Waals surface area contributed by atoms with Gasteiger partial charge in [0.05, 0.1) is 17.3 Å². The molecule has 0 radical (unpaired) electrons. The molecule has 110 valence electrons. The van der Waals surface area contributed by atoms with Crippen LogP contribution in [0.2, 0.25) is 0 Å². The number of ether oxygens (including phenoxy) is 1. The topological polar surface area (TPSA) is 72.3 Å². The summed E-state index contributed by atoms with van der Waals surface area (Å²) in [5.74, 6) is 0.771. The number of hydrogen-bond donors (Lipinski definition) is 1. The molecule has 2 aromatic rings. The Balaban J connectivity index is 2.24. The maximum absolute atomic E-state index is 11.6. The van der Waals surface area contributed by atoms with Gasteiger partial charge in [0, 0.05) is 0 Å². The maximum Gasteiger partial charge on any atom is 0.293 e. The molecular weight excluding hydrogens is 356 g/mol. The molecule has 0 aliphatic rings. The standard InChI is InChI=1S/C13H13BrN4O2S/c1-2-5-20-11-4-3-9(6-10(11)14)7-16-18-12(19)8-15-17-13(18)21/h3-4,6-8H,2,5H2,1H3,(H,17,21)/b16-7-. The first kappa shape index (κ1) is 15.6. The zero-order valence-electron chi connectivity index (χ0n) is 11.2. The van der Waals surface area contributed by atoms with Gasteiger partial charge in [0.25, 0.3) is 5.56 Å². The average Bonchev–Trinajstić information content (AvgIpc) is 2.46. The van der Waals surface area contributed by atoms with Gasteiger partial charge in [0.1, 0.15) is 11.9 Å². The number of benzene rings is 1. The van der Waals surface area contributed by atoms with Gasteiger partial charge in [-0.25, -0.2) is 0 Å². The fourth-order valence-electron chi connectivity index (χ4n) is 1.51. The van der Waals surface area contributed by atoms with Crippen molar-refractivity contribution in [3.63, 3.8) is 0 Å². The molecule has 0 aliphatic carbocycles. The maximum atomic E-state index is 11.6. The van der Waals surface area contributed by atoms with Crippen molar-refractivity contribution in [1.82, 2.24) is 14.9 Å². The Labute approximate surface area is 134 Å². The first-order valence-electron chi connectivity index (χ1n) is 6.25. The third-order valence-electron chi connectivity index (χ3n) is 2.48. The van der Waals surface area contributed by atoms with E-state index in [9.17, 15) is 4.79 Å². The van der Waals surface area contributed by atoms with Gasteiger partial charge in [-0.3, -0.25) is 9.89 Å². The van der Waals surface area contributed by atoms with Gasteiger partial charge in [-0.1, -0.05) is 6.92 Å². The third kappa shape index (κ3) is 4.08. The molecule has 0 saturated carbocycles. The molecule has 0 unspecified atom stereocenters. The van der Waals surface area contributed by atoms with E-state index in [0.29, 0.717) is 6.61 Å². The van der Waals surface area contributed by atoms with Crippen molar-refractivity contribution in [2.24, 2.45) is 5.10 Å². The van der Waals surface area contributed by atoms with Gasteiger partial charge in [-0.05, 0) is 58.3 Å². The van der Waals surface area contributed by atoms with E-state index >= 15 is 0 Å². The average molecular weight is 369 g/mol. The lowest BCUT2D eigenvalue weighted by Gasteiger charge is -2.07. The number of aromatic nitrogens is 3. The van der Waals surface area contributed by atoms with Crippen LogP contribution >= 0.6 is 28.1 Å². The summed E-state index contributed by atoms with van der Waals surface area (Å²) in [6, 6.07) is 5.54. The van der Waals surface area contributed by atoms with E-state index in [0.717, 1.165) is 33.1 Å². The highest BCUT2D eigenvalue weighted by Gasteiger charge is 2.01. The molecule has 1 heterocycles. The summed E-state index contributed by atoms with van der Waals surface area (Å²) in [4.78, 5) is 11.6. The van der Waals surface area contributed by atoms with Crippen molar-refractivity contribution in [3.8, 4) is 5.75 Å². The van der Waals surface area contributed by atoms with Gasteiger partial charge in [0.2, 0.25) is 4.77 Å². The summed E-state index contributed by atoms with van der Waals surface area (Å²) >= 11 is 8.39. The molecule has 8 heteroatoms. The van der Waals surface area contributed by atoms with E-state index in [2.05, 4.69) is 31.2 Å². The monoisotopic (exact) mass is 368 g/mol. The molecule has 2 rings (SSSR count). The van der Waals surface area contributed by atoms with Gasteiger partial charge < -0.3 is 4.74 Å². The zero-order valence-corrected chi connectivity index (χ0v) is 13.6. The van der Waals surface area contributed by atoms with Gasteiger partial charge in [0.15, 0.2) is 0 Å². The lowest BCUT2D eigenvalue weighted by molar-refractivity contribution is 0.315. The summed E-state index contributed by atoms with van der Waals surface area (Å²) in [7, 11) is 0. The third-order valence-corrected chi connectivity index (χ3v) is 3.36. The number of H-pyrrole nitrogens is 1. The van der Waals surface area contributed by atoms with Crippen molar-refractivity contribution < 1.29 is 4.74 Å². The highest BCUT2D eigenvalue weighted by atomic mass is 79.9. The fraction of sp³-hybridized carbons (Fsp3) is 0.231. The summed E-state index contributed by atoms with van der Waals surface area (Å²) in [6.45, 7) is 2.71. The van der Waals surface area contributed by atoms with Gasteiger partial charge in [-0.2, -0.15) is 14.9 Å². The quantitative estimate of drug-likeness (QED) is 0.650. The molecule has 6 nitrogen and oxygen atoms in total. The Morgan fingerprint density at radius 2 is 2.38 bits per heavy atom. The van der Waals surface area contributed by atoms with Crippen LogP contribution in [0.4, 0.5) is 0 Å². The molecule has 1 N–H and O–H groups in total. The minimum atomic E-state index is -0.392. The van der Waals surface area contributed by atoms with Crippen LogP contribution in [0.3, 0.4) is 0 Å². The van der Waals surface area contributed by atoms with Gasteiger partial charge in [-0.15, -0.1) is 0 Å². The van der Waals surface area contributed by atoms with Crippen molar-refractivity contribution in [3.05, 3.63) is 49.6 Å². The van der Waals surface area contributed by atoms with E-state index in [-0.39, 0.29) is 4.77 Å². The molecule has 0 bridgehead atoms. The van der Waals surface area contributed by atoms with Crippen LogP contribution < -0.4 is 10.3 Å². The number of aromatic amines is 1. The highest BCUT2D eigenvalue weighted by Crippen LogP contribution is 2.25. The minimum Gasteiger partial charge on any atom is -0.492 e.